The predicted molar refractivity (Wildman–Crippen MR) is 99.5 cm³/mol. The second-order valence-electron chi connectivity index (χ2n) is 6.14. The second-order valence-corrected chi connectivity index (χ2v) is 6.57. The molecule has 1 fully saturated rings. The Morgan fingerprint density at radius 3 is 2.54 bits per heavy atom. The average Bonchev–Trinajstić information content (AvgIpc) is 2.68. The first-order valence-electron chi connectivity index (χ1n) is 8.42. The van der Waals surface area contributed by atoms with E-state index in [4.69, 9.17) is 16.3 Å². The van der Waals surface area contributed by atoms with Gasteiger partial charge in [-0.3, -0.25) is 14.6 Å². The summed E-state index contributed by atoms with van der Waals surface area (Å²) in [7, 11) is 1.52. The molecule has 0 radical (unpaired) electrons. The van der Waals surface area contributed by atoms with Crippen LogP contribution in [0.25, 0.3) is 0 Å². The van der Waals surface area contributed by atoms with Gasteiger partial charge in [0.25, 0.3) is 5.91 Å². The largest absolute Gasteiger partial charge is 0.496 e. The van der Waals surface area contributed by atoms with Gasteiger partial charge in [0.05, 0.1) is 12.7 Å². The minimum Gasteiger partial charge on any atom is -0.496 e. The van der Waals surface area contributed by atoms with Crippen LogP contribution in [0, 0.1) is 5.92 Å². The zero-order valence-corrected chi connectivity index (χ0v) is 15.2. The number of carbonyl (C=O) groups excluding carboxylic acids is 2. The van der Waals surface area contributed by atoms with E-state index >= 15 is 0 Å². The molecular weight excluding hydrogens is 354 g/mol. The number of likely N-dealkylation sites (tertiary alicyclic amines) is 1. The van der Waals surface area contributed by atoms with Crippen LogP contribution in [0.4, 0.5) is 5.69 Å². The van der Waals surface area contributed by atoms with Crippen molar-refractivity contribution < 1.29 is 14.3 Å². The predicted octanol–water partition coefficient (Wildman–Crippen LogP) is 3.23. The molecular formula is C19H20ClN3O3. The first-order chi connectivity index (χ1) is 12.6. The number of amides is 2. The fourth-order valence-corrected chi connectivity index (χ4v) is 3.21. The maximum atomic E-state index is 12.8. The lowest BCUT2D eigenvalue weighted by atomic mass is 9.95. The highest BCUT2D eigenvalue weighted by molar-refractivity contribution is 6.31. The third-order valence-corrected chi connectivity index (χ3v) is 4.73. The summed E-state index contributed by atoms with van der Waals surface area (Å²) in [5, 5.41) is 3.38. The summed E-state index contributed by atoms with van der Waals surface area (Å²) in [6, 6.07) is 8.49. The summed E-state index contributed by atoms with van der Waals surface area (Å²) in [5.41, 5.74) is 1.17. The molecule has 1 saturated heterocycles. The van der Waals surface area contributed by atoms with Gasteiger partial charge in [-0.15, -0.1) is 0 Å². The van der Waals surface area contributed by atoms with E-state index in [1.165, 1.54) is 7.11 Å². The van der Waals surface area contributed by atoms with Crippen LogP contribution in [0.3, 0.4) is 0 Å². The summed E-state index contributed by atoms with van der Waals surface area (Å²) in [6.45, 7) is 1.03. The zero-order valence-electron chi connectivity index (χ0n) is 14.4. The topological polar surface area (TPSA) is 71.5 Å². The number of methoxy groups -OCH3 is 1. The molecule has 1 N–H and O–H groups in total. The molecule has 0 spiro atoms. The Hall–Kier alpha value is -2.60. The molecule has 0 unspecified atom stereocenters. The summed E-state index contributed by atoms with van der Waals surface area (Å²) in [4.78, 5) is 30.8. The van der Waals surface area contributed by atoms with Crippen molar-refractivity contribution in [3.05, 3.63) is 53.3 Å². The number of nitrogens with one attached hydrogen (secondary N) is 1. The van der Waals surface area contributed by atoms with Crippen molar-refractivity contribution in [1.29, 1.82) is 0 Å². The molecule has 2 amide bonds. The Morgan fingerprint density at radius 1 is 1.19 bits per heavy atom. The summed E-state index contributed by atoms with van der Waals surface area (Å²) in [5.74, 6) is 0.228. The molecule has 3 rings (SSSR count). The van der Waals surface area contributed by atoms with Crippen molar-refractivity contribution in [1.82, 2.24) is 9.88 Å². The number of anilines is 1. The summed E-state index contributed by atoms with van der Waals surface area (Å²) in [6.07, 6.45) is 4.50. The lowest BCUT2D eigenvalue weighted by Crippen LogP contribution is -2.41. The molecule has 6 nitrogen and oxygen atoms in total. The first-order valence-corrected chi connectivity index (χ1v) is 8.80. The zero-order chi connectivity index (χ0) is 18.5. The second kappa shape index (κ2) is 8.19. The molecule has 0 bridgehead atoms. The molecule has 1 aromatic heterocycles. The van der Waals surface area contributed by atoms with Crippen molar-refractivity contribution in [2.45, 2.75) is 12.8 Å². The number of hydrogen-bond acceptors (Lipinski definition) is 4. The maximum Gasteiger partial charge on any atom is 0.257 e. The third-order valence-electron chi connectivity index (χ3n) is 4.49. The molecule has 7 heteroatoms. The van der Waals surface area contributed by atoms with Gasteiger partial charge in [0, 0.05) is 42.1 Å². The first kappa shape index (κ1) is 18.2. The number of benzene rings is 1. The Kier molecular flexibility index (Phi) is 5.73. The number of pyridine rings is 1. The number of aromatic nitrogens is 1. The number of rotatable bonds is 4. The van der Waals surface area contributed by atoms with Gasteiger partial charge >= 0.3 is 0 Å². The van der Waals surface area contributed by atoms with E-state index in [0.29, 0.717) is 42.3 Å². The van der Waals surface area contributed by atoms with Gasteiger partial charge in [0.15, 0.2) is 0 Å². The summed E-state index contributed by atoms with van der Waals surface area (Å²) >= 11 is 6.01. The number of halogens is 1. The highest BCUT2D eigenvalue weighted by Gasteiger charge is 2.29. The van der Waals surface area contributed by atoms with E-state index in [0.717, 1.165) is 5.69 Å². The van der Waals surface area contributed by atoms with Gasteiger partial charge in [0.1, 0.15) is 5.75 Å². The Balaban J connectivity index is 1.60. The molecule has 0 atom stereocenters. The molecule has 2 heterocycles. The minimum absolute atomic E-state index is 0.0244. The smallest absolute Gasteiger partial charge is 0.257 e. The molecule has 0 saturated carbocycles. The van der Waals surface area contributed by atoms with Crippen LogP contribution < -0.4 is 10.1 Å². The van der Waals surface area contributed by atoms with Crippen molar-refractivity contribution in [3.63, 3.8) is 0 Å². The van der Waals surface area contributed by atoms with Crippen molar-refractivity contribution in [3.8, 4) is 5.75 Å². The van der Waals surface area contributed by atoms with Gasteiger partial charge in [-0.05, 0) is 43.2 Å². The van der Waals surface area contributed by atoms with Crippen molar-refractivity contribution in [2.75, 3.05) is 25.5 Å². The monoisotopic (exact) mass is 373 g/mol. The number of nitrogens with zero attached hydrogens (tertiary/aromatic N) is 2. The third kappa shape index (κ3) is 4.14. The molecule has 1 aliphatic heterocycles. The highest BCUT2D eigenvalue weighted by Crippen LogP contribution is 2.26. The van der Waals surface area contributed by atoms with Crippen LogP contribution in [0.1, 0.15) is 23.2 Å². The van der Waals surface area contributed by atoms with E-state index in [9.17, 15) is 9.59 Å². The van der Waals surface area contributed by atoms with E-state index in [1.807, 2.05) is 0 Å². The van der Waals surface area contributed by atoms with Crippen LogP contribution in [0.2, 0.25) is 5.02 Å². The quantitative estimate of drug-likeness (QED) is 0.893. The normalized spacial score (nSPS) is 14.8. The molecule has 136 valence electrons. The van der Waals surface area contributed by atoms with Crippen LogP contribution >= 0.6 is 11.6 Å². The number of hydrogen-bond donors (Lipinski definition) is 1. The van der Waals surface area contributed by atoms with E-state index in [1.54, 1.807) is 47.6 Å². The fourth-order valence-electron chi connectivity index (χ4n) is 3.04. The minimum atomic E-state index is -0.127. The van der Waals surface area contributed by atoms with Crippen molar-refractivity contribution in [2.24, 2.45) is 5.92 Å². The van der Waals surface area contributed by atoms with Gasteiger partial charge < -0.3 is 15.0 Å². The van der Waals surface area contributed by atoms with Crippen LogP contribution in [-0.2, 0) is 4.79 Å². The lowest BCUT2D eigenvalue weighted by molar-refractivity contribution is -0.121. The molecule has 1 aliphatic rings. The van der Waals surface area contributed by atoms with Gasteiger partial charge in [-0.2, -0.15) is 0 Å². The van der Waals surface area contributed by atoms with Gasteiger partial charge in [-0.25, -0.2) is 0 Å². The van der Waals surface area contributed by atoms with E-state index < -0.39 is 0 Å². The highest BCUT2D eigenvalue weighted by atomic mass is 35.5. The molecule has 26 heavy (non-hydrogen) atoms. The number of piperidine rings is 1. The molecule has 1 aromatic carbocycles. The maximum absolute atomic E-state index is 12.8. The van der Waals surface area contributed by atoms with Crippen LogP contribution in [0.15, 0.2) is 42.7 Å². The Bertz CT molecular complexity index is 790. The standard InChI is InChI=1S/C19H20ClN3O3/c1-26-17-3-2-14(20)12-16(17)19(25)23-10-6-13(7-11-23)18(24)22-15-4-8-21-9-5-15/h2-5,8-9,12-13H,6-7,10-11H2,1H3,(H,21,22,24). The Morgan fingerprint density at radius 2 is 1.88 bits per heavy atom. The van der Waals surface area contributed by atoms with Crippen LogP contribution in [-0.4, -0.2) is 41.9 Å². The van der Waals surface area contributed by atoms with E-state index in [-0.39, 0.29) is 17.7 Å². The van der Waals surface area contributed by atoms with Gasteiger partial charge in [-0.1, -0.05) is 11.6 Å². The van der Waals surface area contributed by atoms with Gasteiger partial charge in [0.2, 0.25) is 5.91 Å². The number of ether oxygens (including phenoxy) is 1. The average molecular weight is 374 g/mol. The fraction of sp³-hybridized carbons (Fsp3) is 0.316. The van der Waals surface area contributed by atoms with Crippen molar-refractivity contribution >= 4 is 29.1 Å². The molecule has 2 aromatic rings. The number of carbonyl (C=O) groups is 2. The summed E-state index contributed by atoms with van der Waals surface area (Å²) < 4.78 is 5.26. The lowest BCUT2D eigenvalue weighted by Gasteiger charge is -2.31. The Labute approximate surface area is 157 Å². The molecule has 0 aliphatic carbocycles. The van der Waals surface area contributed by atoms with Crippen LogP contribution in [0.5, 0.6) is 5.75 Å². The SMILES string of the molecule is COc1ccc(Cl)cc1C(=O)N1CCC(C(=O)Nc2ccncc2)CC1. The van der Waals surface area contributed by atoms with E-state index in [2.05, 4.69) is 10.3 Å².